The molecule has 132 valence electrons. The minimum Gasteiger partial charge on any atom is -0.370 e. The lowest BCUT2D eigenvalue weighted by Crippen LogP contribution is -2.27. The van der Waals surface area contributed by atoms with E-state index >= 15 is 0 Å². The first-order valence-corrected chi connectivity index (χ1v) is 8.67. The molecule has 0 aliphatic heterocycles. The Morgan fingerprint density at radius 2 is 1.69 bits per heavy atom. The van der Waals surface area contributed by atoms with Gasteiger partial charge in [-0.15, -0.1) is 0 Å². The van der Waals surface area contributed by atoms with Gasteiger partial charge in [0.2, 0.25) is 0 Å². The second-order valence-corrected chi connectivity index (χ2v) is 6.00. The van der Waals surface area contributed by atoms with Gasteiger partial charge in [0.25, 0.3) is 5.91 Å². The van der Waals surface area contributed by atoms with Crippen molar-refractivity contribution >= 4 is 17.4 Å². The van der Waals surface area contributed by atoms with E-state index in [0.717, 1.165) is 25.1 Å². The molecule has 0 unspecified atom stereocenters. The van der Waals surface area contributed by atoms with Crippen LogP contribution in [0.5, 0.6) is 0 Å². The van der Waals surface area contributed by atoms with Gasteiger partial charge in [-0.2, -0.15) is 0 Å². The van der Waals surface area contributed by atoms with Crippen molar-refractivity contribution < 1.29 is 4.79 Å². The molecule has 0 spiro atoms. The molecule has 1 amide bonds. The minimum atomic E-state index is -0.161. The fourth-order valence-electron chi connectivity index (χ4n) is 2.67. The van der Waals surface area contributed by atoms with Crippen molar-refractivity contribution in [3.8, 4) is 0 Å². The Hall–Kier alpha value is -3.21. The highest BCUT2D eigenvalue weighted by Gasteiger charge is 2.15. The minimum absolute atomic E-state index is 0.161. The van der Waals surface area contributed by atoms with Crippen molar-refractivity contribution in [2.75, 3.05) is 23.8 Å². The van der Waals surface area contributed by atoms with Crippen LogP contribution in [0.3, 0.4) is 0 Å². The van der Waals surface area contributed by atoms with Crippen molar-refractivity contribution in [2.24, 2.45) is 0 Å². The zero-order valence-corrected chi connectivity index (χ0v) is 14.8. The number of aromatic nitrogens is 2. The number of rotatable bonds is 7. The Labute approximate surface area is 153 Å². The van der Waals surface area contributed by atoms with E-state index in [-0.39, 0.29) is 5.91 Å². The van der Waals surface area contributed by atoms with Crippen LogP contribution < -0.4 is 10.2 Å². The third-order valence-electron chi connectivity index (χ3n) is 4.13. The van der Waals surface area contributed by atoms with E-state index in [1.165, 1.54) is 11.9 Å². The first-order chi connectivity index (χ1) is 12.7. The summed E-state index contributed by atoms with van der Waals surface area (Å²) in [4.78, 5) is 22.5. The number of amides is 1. The van der Waals surface area contributed by atoms with Crippen molar-refractivity contribution in [3.63, 3.8) is 0 Å². The molecular formula is C21H22N4O. The predicted octanol–water partition coefficient (Wildman–Crippen LogP) is 3.80. The summed E-state index contributed by atoms with van der Waals surface area (Å²) < 4.78 is 0. The molecule has 2 aromatic carbocycles. The zero-order valence-electron chi connectivity index (χ0n) is 14.8. The van der Waals surface area contributed by atoms with Gasteiger partial charge < -0.3 is 10.2 Å². The number of nitrogens with zero attached hydrogens (tertiary/aromatic N) is 3. The van der Waals surface area contributed by atoms with Crippen molar-refractivity contribution in [2.45, 2.75) is 12.8 Å². The van der Waals surface area contributed by atoms with Crippen molar-refractivity contribution in [1.82, 2.24) is 9.97 Å². The smallest absolute Gasteiger partial charge is 0.276 e. The van der Waals surface area contributed by atoms with Crippen LogP contribution in [-0.4, -0.2) is 29.5 Å². The molecule has 0 fully saturated rings. The summed E-state index contributed by atoms with van der Waals surface area (Å²) in [5, 5.41) is 3.27. The summed E-state index contributed by atoms with van der Waals surface area (Å²) in [5.41, 5.74) is 2.52. The lowest BCUT2D eigenvalue weighted by molar-refractivity contribution is 0.0988. The summed E-state index contributed by atoms with van der Waals surface area (Å²) in [6, 6.07) is 21.6. The average Bonchev–Trinajstić information content (AvgIpc) is 2.72. The molecule has 0 bridgehead atoms. The summed E-state index contributed by atoms with van der Waals surface area (Å²) in [6.45, 7) is 0.786. The molecule has 1 N–H and O–H groups in total. The van der Waals surface area contributed by atoms with Gasteiger partial charge in [-0.25, -0.2) is 9.97 Å². The number of para-hydroxylation sites is 1. The largest absolute Gasteiger partial charge is 0.370 e. The van der Waals surface area contributed by atoms with Crippen LogP contribution in [-0.2, 0) is 6.42 Å². The highest BCUT2D eigenvalue weighted by atomic mass is 16.2. The molecule has 0 aliphatic carbocycles. The van der Waals surface area contributed by atoms with Gasteiger partial charge >= 0.3 is 0 Å². The van der Waals surface area contributed by atoms with Gasteiger partial charge in [-0.05, 0) is 30.5 Å². The Morgan fingerprint density at radius 3 is 2.42 bits per heavy atom. The van der Waals surface area contributed by atoms with Crippen LogP contribution in [0.2, 0.25) is 0 Å². The van der Waals surface area contributed by atoms with Gasteiger partial charge in [0.05, 0.1) is 0 Å². The summed E-state index contributed by atoms with van der Waals surface area (Å²) in [7, 11) is 1.74. The lowest BCUT2D eigenvalue weighted by atomic mass is 10.1. The molecule has 5 nitrogen and oxygen atoms in total. The van der Waals surface area contributed by atoms with Crippen LogP contribution >= 0.6 is 0 Å². The maximum atomic E-state index is 12.6. The molecule has 3 aromatic rings. The van der Waals surface area contributed by atoms with Crippen molar-refractivity contribution in [3.05, 3.63) is 84.3 Å². The third kappa shape index (κ3) is 4.66. The highest BCUT2D eigenvalue weighted by Crippen LogP contribution is 2.15. The number of benzene rings is 2. The van der Waals surface area contributed by atoms with Crippen LogP contribution in [0, 0.1) is 0 Å². The molecule has 0 saturated heterocycles. The van der Waals surface area contributed by atoms with E-state index in [1.54, 1.807) is 18.0 Å². The van der Waals surface area contributed by atoms with Crippen molar-refractivity contribution in [1.29, 1.82) is 0 Å². The van der Waals surface area contributed by atoms with Crippen LogP contribution in [0.25, 0.3) is 0 Å². The molecule has 3 rings (SSSR count). The SMILES string of the molecule is CN(C(=O)c1cc(NCCCc2ccccc2)ncn1)c1ccccc1. The van der Waals surface area contributed by atoms with Gasteiger partial charge in [0, 0.05) is 25.3 Å². The fourth-order valence-corrected chi connectivity index (χ4v) is 2.67. The van der Waals surface area contributed by atoms with E-state index in [0.29, 0.717) is 11.5 Å². The van der Waals surface area contributed by atoms with E-state index in [9.17, 15) is 4.79 Å². The quantitative estimate of drug-likeness (QED) is 0.661. The molecule has 26 heavy (non-hydrogen) atoms. The molecule has 0 saturated carbocycles. The highest BCUT2D eigenvalue weighted by molar-refractivity contribution is 6.04. The number of anilines is 2. The summed E-state index contributed by atoms with van der Waals surface area (Å²) >= 11 is 0. The summed E-state index contributed by atoms with van der Waals surface area (Å²) in [6.07, 6.45) is 3.41. The maximum absolute atomic E-state index is 12.6. The Kier molecular flexibility index (Phi) is 5.93. The molecule has 1 aromatic heterocycles. The number of carbonyl (C=O) groups excluding carboxylic acids is 1. The Bertz CT molecular complexity index is 837. The molecule has 0 atom stereocenters. The fraction of sp³-hybridized carbons (Fsp3) is 0.190. The van der Waals surface area contributed by atoms with Crippen LogP contribution in [0.1, 0.15) is 22.5 Å². The molecule has 1 heterocycles. The first kappa shape index (κ1) is 17.6. The van der Waals surface area contributed by atoms with E-state index < -0.39 is 0 Å². The topological polar surface area (TPSA) is 58.1 Å². The Balaban J connectivity index is 1.56. The number of hydrogen-bond donors (Lipinski definition) is 1. The van der Waals surface area contributed by atoms with Crippen LogP contribution in [0.4, 0.5) is 11.5 Å². The number of nitrogens with one attached hydrogen (secondary N) is 1. The standard InChI is InChI=1S/C21H22N4O/c1-25(18-12-6-3-7-13-18)21(26)19-15-20(24-16-23-19)22-14-8-11-17-9-4-2-5-10-17/h2-7,9-10,12-13,15-16H,8,11,14H2,1H3,(H,22,23,24). The van der Waals surface area contributed by atoms with Gasteiger partial charge in [-0.3, -0.25) is 4.79 Å². The van der Waals surface area contributed by atoms with Gasteiger partial charge in [0.15, 0.2) is 0 Å². The van der Waals surface area contributed by atoms with Gasteiger partial charge in [-0.1, -0.05) is 48.5 Å². The third-order valence-corrected chi connectivity index (χ3v) is 4.13. The van der Waals surface area contributed by atoms with Gasteiger partial charge in [0.1, 0.15) is 17.8 Å². The normalized spacial score (nSPS) is 10.3. The number of carbonyl (C=O) groups is 1. The van der Waals surface area contributed by atoms with E-state index in [1.807, 2.05) is 48.5 Å². The monoisotopic (exact) mass is 346 g/mol. The molecule has 0 radical (unpaired) electrons. The van der Waals surface area contributed by atoms with E-state index in [4.69, 9.17) is 0 Å². The number of hydrogen-bond acceptors (Lipinski definition) is 4. The summed E-state index contributed by atoms with van der Waals surface area (Å²) in [5.74, 6) is 0.504. The molecule has 5 heteroatoms. The first-order valence-electron chi connectivity index (χ1n) is 8.67. The lowest BCUT2D eigenvalue weighted by Gasteiger charge is -2.17. The second-order valence-electron chi connectivity index (χ2n) is 6.00. The van der Waals surface area contributed by atoms with E-state index in [2.05, 4.69) is 27.4 Å². The molecular weight excluding hydrogens is 324 g/mol. The Morgan fingerprint density at radius 1 is 1.00 bits per heavy atom. The average molecular weight is 346 g/mol. The second kappa shape index (κ2) is 8.76. The molecule has 0 aliphatic rings. The zero-order chi connectivity index (χ0) is 18.2. The maximum Gasteiger partial charge on any atom is 0.276 e. The van der Waals surface area contributed by atoms with Crippen LogP contribution in [0.15, 0.2) is 73.1 Å². The number of aryl methyl sites for hydroxylation is 1. The predicted molar refractivity (Wildman–Crippen MR) is 104 cm³/mol.